The molecule has 3 rings (SSSR count). The molecule has 1 unspecified atom stereocenters. The van der Waals surface area contributed by atoms with Crippen molar-refractivity contribution in [1.82, 2.24) is 0 Å². The van der Waals surface area contributed by atoms with E-state index < -0.39 is 5.97 Å². The van der Waals surface area contributed by atoms with Crippen LogP contribution in [0.1, 0.15) is 18.5 Å². The molecule has 116 valence electrons. The Hall–Kier alpha value is -2.95. The van der Waals surface area contributed by atoms with E-state index in [2.05, 4.69) is 15.5 Å². The first-order valence-corrected chi connectivity index (χ1v) is 7.42. The molecule has 0 bridgehead atoms. The lowest BCUT2D eigenvalue weighted by atomic mass is 10.1. The van der Waals surface area contributed by atoms with E-state index in [0.29, 0.717) is 5.71 Å². The number of carbonyl (C=O) groups is 1. The third kappa shape index (κ3) is 3.63. The van der Waals surface area contributed by atoms with Crippen LogP contribution in [0, 0.1) is 0 Å². The Morgan fingerprint density at radius 1 is 1.04 bits per heavy atom. The molecule has 1 atom stereocenters. The highest BCUT2D eigenvalue weighted by Gasteiger charge is 2.29. The number of hydrogen-bond donors (Lipinski definition) is 1. The number of hydrazone groups is 1. The second-order valence-corrected chi connectivity index (χ2v) is 5.18. The van der Waals surface area contributed by atoms with Crippen molar-refractivity contribution in [1.29, 1.82) is 0 Å². The van der Waals surface area contributed by atoms with Gasteiger partial charge in [0.05, 0.1) is 11.7 Å². The molecule has 0 amide bonds. The van der Waals surface area contributed by atoms with Crippen LogP contribution in [0.3, 0.4) is 0 Å². The zero-order valence-corrected chi connectivity index (χ0v) is 12.8. The van der Waals surface area contributed by atoms with Crippen molar-refractivity contribution in [3.8, 4) is 0 Å². The number of carbonyl (C=O) groups excluding carboxylic acids is 1. The molecule has 2 aromatic carbocycles. The first-order valence-electron chi connectivity index (χ1n) is 7.42. The van der Waals surface area contributed by atoms with Crippen molar-refractivity contribution in [2.24, 2.45) is 10.1 Å². The summed E-state index contributed by atoms with van der Waals surface area (Å²) >= 11 is 0. The Kier molecular flexibility index (Phi) is 4.47. The van der Waals surface area contributed by atoms with Crippen molar-refractivity contribution >= 4 is 23.1 Å². The second kappa shape index (κ2) is 6.87. The van der Waals surface area contributed by atoms with E-state index in [1.807, 2.05) is 67.6 Å². The minimum Gasteiger partial charge on any atom is -0.454 e. The maximum absolute atomic E-state index is 11.9. The highest BCUT2D eigenvalue weighted by atomic mass is 16.5. The number of nitrogens with one attached hydrogen (secondary N) is 1. The van der Waals surface area contributed by atoms with Gasteiger partial charge in [-0.2, -0.15) is 5.10 Å². The molecule has 23 heavy (non-hydrogen) atoms. The Morgan fingerprint density at radius 3 is 2.39 bits per heavy atom. The second-order valence-electron chi connectivity index (χ2n) is 5.18. The zero-order chi connectivity index (χ0) is 16.1. The number of benzene rings is 2. The molecule has 0 radical (unpaired) electrons. The molecule has 0 aliphatic carbocycles. The molecule has 0 aromatic heterocycles. The maximum atomic E-state index is 11.9. The summed E-state index contributed by atoms with van der Waals surface area (Å²) in [6.45, 7) is 2.14. The zero-order valence-electron chi connectivity index (χ0n) is 12.8. The van der Waals surface area contributed by atoms with E-state index in [1.54, 1.807) is 0 Å². The number of hydrogen-bond acceptors (Lipinski definition) is 5. The van der Waals surface area contributed by atoms with Gasteiger partial charge in [0.2, 0.25) is 0 Å². The van der Waals surface area contributed by atoms with E-state index in [9.17, 15) is 4.79 Å². The summed E-state index contributed by atoms with van der Waals surface area (Å²) < 4.78 is 5.06. The molecule has 1 aliphatic heterocycles. The van der Waals surface area contributed by atoms with Crippen molar-refractivity contribution in [3.63, 3.8) is 0 Å². The first kappa shape index (κ1) is 15.0. The molecule has 0 saturated carbocycles. The molecule has 1 aliphatic rings. The molecule has 1 fully saturated rings. The fourth-order valence-corrected chi connectivity index (χ4v) is 2.27. The Balaban J connectivity index is 1.80. The van der Waals surface area contributed by atoms with Crippen molar-refractivity contribution in [3.05, 3.63) is 66.2 Å². The van der Waals surface area contributed by atoms with Crippen LogP contribution in [-0.2, 0) is 9.53 Å². The Labute approximate surface area is 134 Å². The fraction of sp³-hybridized carbons (Fsp3) is 0.167. The molecular formula is C18H17N3O2. The average molecular weight is 307 g/mol. The lowest BCUT2D eigenvalue weighted by Crippen LogP contribution is -2.18. The molecule has 2 aromatic rings. The summed E-state index contributed by atoms with van der Waals surface area (Å²) in [7, 11) is 0. The highest BCUT2D eigenvalue weighted by Crippen LogP contribution is 2.18. The van der Waals surface area contributed by atoms with Crippen LogP contribution in [-0.4, -0.2) is 24.0 Å². The number of esters is 1. The van der Waals surface area contributed by atoms with Gasteiger partial charge >= 0.3 is 5.97 Å². The first-order chi connectivity index (χ1) is 11.2. The van der Waals surface area contributed by atoms with Crippen LogP contribution in [0.25, 0.3) is 0 Å². The van der Waals surface area contributed by atoms with Crippen LogP contribution in [0.15, 0.2) is 70.8 Å². The van der Waals surface area contributed by atoms with Gasteiger partial charge in [-0.1, -0.05) is 48.5 Å². The highest BCUT2D eigenvalue weighted by molar-refractivity contribution is 6.68. The number of para-hydroxylation sites is 1. The molecule has 1 heterocycles. The van der Waals surface area contributed by atoms with E-state index in [1.165, 1.54) is 0 Å². The van der Waals surface area contributed by atoms with Crippen LogP contribution < -0.4 is 5.43 Å². The van der Waals surface area contributed by atoms with E-state index in [4.69, 9.17) is 4.74 Å². The molecule has 1 saturated heterocycles. The smallest absolute Gasteiger partial charge is 0.361 e. The minimum atomic E-state index is -0.451. The predicted octanol–water partition coefficient (Wildman–Crippen LogP) is 3.21. The maximum Gasteiger partial charge on any atom is 0.361 e. The minimum absolute atomic E-state index is 0.0670. The lowest BCUT2D eigenvalue weighted by molar-refractivity contribution is -0.132. The van der Waals surface area contributed by atoms with Gasteiger partial charge in [-0.3, -0.25) is 10.4 Å². The van der Waals surface area contributed by atoms with E-state index in [-0.39, 0.29) is 18.4 Å². The summed E-state index contributed by atoms with van der Waals surface area (Å²) in [5.41, 5.74) is 5.54. The van der Waals surface area contributed by atoms with Gasteiger partial charge < -0.3 is 4.74 Å². The number of aliphatic imine (C=N–C) groups is 1. The fourth-order valence-electron chi connectivity index (χ4n) is 2.27. The Bertz CT molecular complexity index is 739. The summed E-state index contributed by atoms with van der Waals surface area (Å²) in [5, 5.41) is 4.16. The molecule has 1 N–H and O–H groups in total. The SMILES string of the molecule is CC(N=C1COC(=O)C1=NNc1ccccc1)c1ccccc1. The summed E-state index contributed by atoms with van der Waals surface area (Å²) in [6, 6.07) is 19.3. The van der Waals surface area contributed by atoms with Gasteiger partial charge in [-0.25, -0.2) is 4.79 Å². The monoisotopic (exact) mass is 307 g/mol. The third-order valence-electron chi connectivity index (χ3n) is 3.51. The van der Waals surface area contributed by atoms with Crippen molar-refractivity contribution in [2.75, 3.05) is 12.0 Å². The normalized spacial score (nSPS) is 18.9. The van der Waals surface area contributed by atoms with Crippen LogP contribution in [0.4, 0.5) is 5.69 Å². The van der Waals surface area contributed by atoms with Gasteiger partial charge in [0.25, 0.3) is 0 Å². The average Bonchev–Trinajstić information content (AvgIpc) is 2.94. The van der Waals surface area contributed by atoms with Gasteiger partial charge in [0, 0.05) is 0 Å². The van der Waals surface area contributed by atoms with Gasteiger partial charge in [0.1, 0.15) is 12.3 Å². The number of nitrogens with zero attached hydrogens (tertiary/aromatic N) is 2. The predicted molar refractivity (Wildman–Crippen MR) is 90.8 cm³/mol. The lowest BCUT2D eigenvalue weighted by Gasteiger charge is -2.07. The molecular weight excluding hydrogens is 290 g/mol. The molecule has 5 heteroatoms. The van der Waals surface area contributed by atoms with Gasteiger partial charge in [-0.05, 0) is 24.6 Å². The summed E-state index contributed by atoms with van der Waals surface area (Å²) in [6.07, 6.45) is 0. The quantitative estimate of drug-likeness (QED) is 0.697. The van der Waals surface area contributed by atoms with Crippen molar-refractivity contribution < 1.29 is 9.53 Å². The Morgan fingerprint density at radius 2 is 1.70 bits per heavy atom. The number of cyclic esters (lactones) is 1. The molecule has 5 nitrogen and oxygen atoms in total. The topological polar surface area (TPSA) is 63.0 Å². The van der Waals surface area contributed by atoms with E-state index in [0.717, 1.165) is 11.3 Å². The third-order valence-corrected chi connectivity index (χ3v) is 3.51. The van der Waals surface area contributed by atoms with Crippen LogP contribution >= 0.6 is 0 Å². The van der Waals surface area contributed by atoms with Crippen LogP contribution in [0.2, 0.25) is 0 Å². The largest absolute Gasteiger partial charge is 0.454 e. The number of anilines is 1. The van der Waals surface area contributed by atoms with Gasteiger partial charge in [-0.15, -0.1) is 0 Å². The van der Waals surface area contributed by atoms with Gasteiger partial charge in [0.15, 0.2) is 5.71 Å². The molecule has 0 spiro atoms. The van der Waals surface area contributed by atoms with E-state index >= 15 is 0 Å². The standard InChI is InChI=1S/C18H17N3O2/c1-13(14-8-4-2-5-9-14)19-16-12-23-18(22)17(16)21-20-15-10-6-3-7-11-15/h2-11,13,20H,12H2,1H3. The number of ether oxygens (including phenoxy) is 1. The van der Waals surface area contributed by atoms with Crippen molar-refractivity contribution in [2.45, 2.75) is 13.0 Å². The van der Waals surface area contributed by atoms with Crippen LogP contribution in [0.5, 0.6) is 0 Å². The number of rotatable bonds is 4. The summed E-state index contributed by atoms with van der Waals surface area (Å²) in [5.74, 6) is -0.451. The summed E-state index contributed by atoms with van der Waals surface area (Å²) in [4.78, 5) is 16.4.